The van der Waals surface area contributed by atoms with E-state index in [1.165, 1.54) is 49.3 Å². The predicted octanol–water partition coefficient (Wildman–Crippen LogP) is 4.44. The number of aryl methyl sites for hydroxylation is 2. The molecule has 1 atom stereocenters. The average molecular weight is 422 g/mol. The number of nitrogens with one attached hydrogen (secondary N) is 1. The number of esters is 1. The Bertz CT molecular complexity index is 988. The minimum Gasteiger partial charge on any atom is -0.465 e. The Morgan fingerprint density at radius 2 is 1.86 bits per heavy atom. The molecule has 150 valence electrons. The van der Waals surface area contributed by atoms with E-state index < -0.39 is 16.0 Å². The van der Waals surface area contributed by atoms with Crippen LogP contribution in [0.25, 0.3) is 0 Å². The molecule has 0 saturated carbocycles. The van der Waals surface area contributed by atoms with Crippen LogP contribution in [0, 0.1) is 0 Å². The Morgan fingerprint density at radius 1 is 1.14 bits per heavy atom. The van der Waals surface area contributed by atoms with Gasteiger partial charge in [-0.3, -0.25) is 0 Å². The van der Waals surface area contributed by atoms with E-state index in [0.717, 1.165) is 18.4 Å². The van der Waals surface area contributed by atoms with Crippen molar-refractivity contribution in [1.82, 2.24) is 4.72 Å². The van der Waals surface area contributed by atoms with E-state index in [1.807, 2.05) is 13.0 Å². The zero-order chi connectivity index (χ0) is 20.3. The van der Waals surface area contributed by atoms with Crippen molar-refractivity contribution in [1.29, 1.82) is 0 Å². The lowest BCUT2D eigenvalue weighted by Crippen LogP contribution is -2.28. The second-order valence-electron chi connectivity index (χ2n) is 6.95. The van der Waals surface area contributed by atoms with Gasteiger partial charge in [-0.25, -0.2) is 17.9 Å². The molecule has 0 bridgehead atoms. The van der Waals surface area contributed by atoms with Gasteiger partial charge in [0.2, 0.25) is 10.0 Å². The molecular formula is C21H24ClNO4S. The van der Waals surface area contributed by atoms with E-state index in [2.05, 4.69) is 21.6 Å². The second-order valence-corrected chi connectivity index (χ2v) is 9.07. The minimum atomic E-state index is -3.84. The fourth-order valence-corrected chi connectivity index (χ4v) is 5.08. The fraction of sp³-hybridized carbons (Fsp3) is 0.381. The van der Waals surface area contributed by atoms with Crippen molar-refractivity contribution in [2.75, 3.05) is 7.11 Å². The maximum absolute atomic E-state index is 12.9. The molecule has 2 aromatic carbocycles. The summed E-state index contributed by atoms with van der Waals surface area (Å²) in [7, 11) is -2.61. The van der Waals surface area contributed by atoms with E-state index in [1.54, 1.807) is 0 Å². The monoisotopic (exact) mass is 421 g/mol. The van der Waals surface area contributed by atoms with E-state index in [4.69, 9.17) is 11.6 Å². The van der Waals surface area contributed by atoms with Gasteiger partial charge in [-0.2, -0.15) is 0 Å². The molecule has 1 aliphatic carbocycles. The standard InChI is InChI=1S/C21H24ClNO4S/c1-3-20(16-9-8-14-6-4-5-7-15(14)12-16)23-28(25,26)17-10-11-19(22)18(13-17)21(24)27-2/h8-13,20,23H,3-7H2,1-2H3/t20-/m1/s1. The summed E-state index contributed by atoms with van der Waals surface area (Å²) in [5.74, 6) is -0.677. The van der Waals surface area contributed by atoms with E-state index >= 15 is 0 Å². The zero-order valence-corrected chi connectivity index (χ0v) is 17.6. The smallest absolute Gasteiger partial charge is 0.339 e. The van der Waals surface area contributed by atoms with Crippen molar-refractivity contribution in [3.63, 3.8) is 0 Å². The molecule has 0 spiro atoms. The summed E-state index contributed by atoms with van der Waals surface area (Å²) >= 11 is 6.00. The van der Waals surface area contributed by atoms with Crippen LogP contribution in [0.4, 0.5) is 0 Å². The first-order valence-corrected chi connectivity index (χ1v) is 11.2. The molecule has 0 saturated heterocycles. The van der Waals surface area contributed by atoms with Gasteiger partial charge in [-0.1, -0.05) is 36.7 Å². The van der Waals surface area contributed by atoms with Gasteiger partial charge in [-0.05, 0) is 67.0 Å². The number of hydrogen-bond acceptors (Lipinski definition) is 4. The van der Waals surface area contributed by atoms with Gasteiger partial charge in [0, 0.05) is 6.04 Å². The van der Waals surface area contributed by atoms with Gasteiger partial charge in [0.1, 0.15) is 0 Å². The number of ether oxygens (including phenoxy) is 1. The molecule has 5 nitrogen and oxygen atoms in total. The molecule has 1 N–H and O–H groups in total. The first kappa shape index (κ1) is 20.8. The Labute approximate surface area is 171 Å². The highest BCUT2D eigenvalue weighted by atomic mass is 35.5. The minimum absolute atomic E-state index is 0.0197. The molecule has 0 amide bonds. The van der Waals surface area contributed by atoms with Crippen molar-refractivity contribution in [3.05, 3.63) is 63.7 Å². The summed E-state index contributed by atoms with van der Waals surface area (Å²) in [5.41, 5.74) is 3.64. The number of rotatable bonds is 6. The highest BCUT2D eigenvalue weighted by Gasteiger charge is 2.23. The first-order valence-electron chi connectivity index (χ1n) is 9.37. The molecule has 3 rings (SSSR count). The number of carbonyl (C=O) groups excluding carboxylic acids is 1. The Hall–Kier alpha value is -1.89. The van der Waals surface area contributed by atoms with Crippen LogP contribution in [-0.2, 0) is 27.6 Å². The highest BCUT2D eigenvalue weighted by Crippen LogP contribution is 2.28. The van der Waals surface area contributed by atoms with Crippen molar-refractivity contribution >= 4 is 27.6 Å². The summed E-state index contributed by atoms with van der Waals surface area (Å²) in [6.07, 6.45) is 5.09. The Balaban J connectivity index is 1.89. The van der Waals surface area contributed by atoms with Crippen LogP contribution >= 0.6 is 11.6 Å². The summed E-state index contributed by atoms with van der Waals surface area (Å²) < 4.78 is 33.3. The van der Waals surface area contributed by atoms with Gasteiger partial charge in [0.05, 0.1) is 22.6 Å². The third-order valence-electron chi connectivity index (χ3n) is 5.13. The molecule has 2 aromatic rings. The number of methoxy groups -OCH3 is 1. The first-order chi connectivity index (χ1) is 13.4. The lowest BCUT2D eigenvalue weighted by Gasteiger charge is -2.22. The van der Waals surface area contributed by atoms with E-state index in [0.29, 0.717) is 6.42 Å². The van der Waals surface area contributed by atoms with Gasteiger partial charge in [0.25, 0.3) is 0 Å². The second kappa shape index (κ2) is 8.64. The van der Waals surface area contributed by atoms with Gasteiger partial charge >= 0.3 is 5.97 Å². The van der Waals surface area contributed by atoms with Crippen LogP contribution in [0.5, 0.6) is 0 Å². The summed E-state index contributed by atoms with van der Waals surface area (Å²) in [4.78, 5) is 11.8. The van der Waals surface area contributed by atoms with Crippen molar-refractivity contribution in [2.45, 2.75) is 50.0 Å². The zero-order valence-electron chi connectivity index (χ0n) is 16.0. The van der Waals surface area contributed by atoms with Crippen LogP contribution in [0.1, 0.15) is 59.3 Å². The number of halogens is 1. The molecule has 1 aliphatic rings. The fourth-order valence-electron chi connectivity index (χ4n) is 3.55. The van der Waals surface area contributed by atoms with E-state index in [-0.39, 0.29) is 21.5 Å². The van der Waals surface area contributed by atoms with Gasteiger partial charge in [0.15, 0.2) is 0 Å². The highest BCUT2D eigenvalue weighted by molar-refractivity contribution is 7.89. The van der Waals surface area contributed by atoms with E-state index in [9.17, 15) is 13.2 Å². The molecule has 0 fully saturated rings. The molecule has 0 radical (unpaired) electrons. The lowest BCUT2D eigenvalue weighted by molar-refractivity contribution is 0.0600. The van der Waals surface area contributed by atoms with Gasteiger partial charge < -0.3 is 4.74 Å². The quantitative estimate of drug-likeness (QED) is 0.700. The van der Waals surface area contributed by atoms with Crippen LogP contribution < -0.4 is 4.72 Å². The number of fused-ring (bicyclic) bond motifs is 1. The Kier molecular flexibility index (Phi) is 6.43. The number of sulfonamides is 1. The van der Waals surface area contributed by atoms with Crippen LogP contribution in [0.2, 0.25) is 5.02 Å². The summed E-state index contributed by atoms with van der Waals surface area (Å²) in [5, 5.41) is 0.146. The van der Waals surface area contributed by atoms with Crippen LogP contribution in [0.15, 0.2) is 41.3 Å². The molecule has 7 heteroatoms. The molecule has 28 heavy (non-hydrogen) atoms. The summed E-state index contributed by atoms with van der Waals surface area (Å²) in [6, 6.07) is 9.90. The predicted molar refractivity (Wildman–Crippen MR) is 109 cm³/mol. The largest absolute Gasteiger partial charge is 0.465 e. The SMILES string of the molecule is CC[C@@H](NS(=O)(=O)c1ccc(Cl)c(C(=O)OC)c1)c1ccc2c(c1)CCCC2. The van der Waals surface area contributed by atoms with Crippen molar-refractivity contribution in [2.24, 2.45) is 0 Å². The molecular weight excluding hydrogens is 398 g/mol. The summed E-state index contributed by atoms with van der Waals surface area (Å²) in [6.45, 7) is 1.94. The van der Waals surface area contributed by atoms with Crippen molar-refractivity contribution in [3.8, 4) is 0 Å². The Morgan fingerprint density at radius 3 is 2.54 bits per heavy atom. The maximum atomic E-state index is 12.9. The lowest BCUT2D eigenvalue weighted by atomic mass is 9.89. The topological polar surface area (TPSA) is 72.5 Å². The molecule has 0 aliphatic heterocycles. The number of benzene rings is 2. The van der Waals surface area contributed by atoms with Crippen LogP contribution in [-0.4, -0.2) is 21.5 Å². The maximum Gasteiger partial charge on any atom is 0.339 e. The average Bonchev–Trinajstić information content (AvgIpc) is 2.71. The number of hydrogen-bond donors (Lipinski definition) is 1. The van der Waals surface area contributed by atoms with Crippen molar-refractivity contribution < 1.29 is 17.9 Å². The normalized spacial score (nSPS) is 15.0. The molecule has 0 unspecified atom stereocenters. The van der Waals surface area contributed by atoms with Crippen LogP contribution in [0.3, 0.4) is 0 Å². The molecule has 0 aromatic heterocycles. The van der Waals surface area contributed by atoms with Gasteiger partial charge in [-0.15, -0.1) is 0 Å². The molecule has 0 heterocycles. The number of carbonyl (C=O) groups is 1. The third kappa shape index (κ3) is 4.40. The third-order valence-corrected chi connectivity index (χ3v) is 6.93.